The van der Waals surface area contributed by atoms with E-state index in [2.05, 4.69) is 5.10 Å². The Morgan fingerprint density at radius 3 is 2.38 bits per heavy atom. The molecule has 1 saturated heterocycles. The van der Waals surface area contributed by atoms with E-state index in [1.165, 1.54) is 24.3 Å². The fraction of sp³-hybridized carbons (Fsp3) is 0.333. The topological polar surface area (TPSA) is 98.3 Å². The maximum Gasteiger partial charge on any atom is 0.267 e. The van der Waals surface area contributed by atoms with Gasteiger partial charge in [0, 0.05) is 30.6 Å². The normalized spacial score (nSPS) is 15.0. The Morgan fingerprint density at radius 1 is 1.12 bits per heavy atom. The van der Waals surface area contributed by atoms with Crippen LogP contribution in [0, 0.1) is 11.7 Å². The van der Waals surface area contributed by atoms with Crippen molar-refractivity contribution in [3.8, 4) is 11.3 Å². The summed E-state index contributed by atoms with van der Waals surface area (Å²) in [6, 6.07) is 8.60. The number of piperidine rings is 1. The van der Waals surface area contributed by atoms with E-state index in [1.54, 1.807) is 17.0 Å². The minimum atomic E-state index is -0.392. The third-order valence-corrected chi connectivity index (χ3v) is 4.54. The highest BCUT2D eigenvalue weighted by Crippen LogP contribution is 2.18. The molecule has 8 heteroatoms. The van der Waals surface area contributed by atoms with Crippen LogP contribution in [0.25, 0.3) is 11.3 Å². The van der Waals surface area contributed by atoms with Crippen molar-refractivity contribution in [3.63, 3.8) is 0 Å². The Labute approximate surface area is 149 Å². The summed E-state index contributed by atoms with van der Waals surface area (Å²) in [7, 11) is 0. The molecule has 0 saturated carbocycles. The monoisotopic (exact) mass is 358 g/mol. The van der Waals surface area contributed by atoms with E-state index < -0.39 is 5.56 Å². The number of primary amides is 1. The number of nitrogens with two attached hydrogens (primary N) is 1. The number of benzene rings is 1. The van der Waals surface area contributed by atoms with Crippen molar-refractivity contribution < 1.29 is 14.0 Å². The van der Waals surface area contributed by atoms with Gasteiger partial charge in [-0.1, -0.05) is 0 Å². The highest BCUT2D eigenvalue weighted by molar-refractivity contribution is 5.78. The number of carbonyl (C=O) groups excluding carboxylic acids is 2. The highest BCUT2D eigenvalue weighted by atomic mass is 19.1. The lowest BCUT2D eigenvalue weighted by Gasteiger charge is -2.30. The molecule has 0 aliphatic carbocycles. The van der Waals surface area contributed by atoms with E-state index in [0.29, 0.717) is 37.2 Å². The number of rotatable bonds is 4. The summed E-state index contributed by atoms with van der Waals surface area (Å²) >= 11 is 0. The van der Waals surface area contributed by atoms with Crippen LogP contribution in [0.5, 0.6) is 0 Å². The van der Waals surface area contributed by atoms with Crippen molar-refractivity contribution in [3.05, 3.63) is 52.6 Å². The van der Waals surface area contributed by atoms with Crippen LogP contribution in [-0.2, 0) is 16.1 Å². The van der Waals surface area contributed by atoms with Gasteiger partial charge in [0.05, 0.1) is 5.69 Å². The second kappa shape index (κ2) is 7.47. The fourth-order valence-corrected chi connectivity index (χ4v) is 2.98. The van der Waals surface area contributed by atoms with Crippen molar-refractivity contribution in [2.45, 2.75) is 19.4 Å². The average Bonchev–Trinajstić information content (AvgIpc) is 2.64. The quantitative estimate of drug-likeness (QED) is 0.873. The molecule has 2 N–H and O–H groups in total. The smallest absolute Gasteiger partial charge is 0.267 e. The molecule has 2 aromatic rings. The van der Waals surface area contributed by atoms with Gasteiger partial charge in [-0.3, -0.25) is 14.4 Å². The minimum absolute atomic E-state index is 0.185. The lowest BCUT2D eigenvalue weighted by molar-refractivity contribution is -0.135. The molecule has 2 heterocycles. The molecule has 0 unspecified atom stereocenters. The Morgan fingerprint density at radius 2 is 1.77 bits per heavy atom. The summed E-state index contributed by atoms with van der Waals surface area (Å²) in [5.74, 6) is -1.15. The van der Waals surface area contributed by atoms with Gasteiger partial charge in [-0.05, 0) is 43.2 Å². The SMILES string of the molecule is NC(=O)C1CCN(C(=O)Cn2nc(-c3ccc(F)cc3)ccc2=O)CC1. The van der Waals surface area contributed by atoms with E-state index in [9.17, 15) is 18.8 Å². The molecule has 0 atom stereocenters. The second-order valence-electron chi connectivity index (χ2n) is 6.28. The van der Waals surface area contributed by atoms with Gasteiger partial charge < -0.3 is 10.6 Å². The van der Waals surface area contributed by atoms with Gasteiger partial charge in [0.1, 0.15) is 12.4 Å². The van der Waals surface area contributed by atoms with Crippen molar-refractivity contribution in [1.82, 2.24) is 14.7 Å². The highest BCUT2D eigenvalue weighted by Gasteiger charge is 2.26. The molecule has 1 aromatic heterocycles. The summed E-state index contributed by atoms with van der Waals surface area (Å²) in [5.41, 5.74) is 6.02. The summed E-state index contributed by atoms with van der Waals surface area (Å²) in [6.07, 6.45) is 1.05. The molecule has 0 bridgehead atoms. The first kappa shape index (κ1) is 17.8. The Bertz CT molecular complexity index is 871. The third-order valence-electron chi connectivity index (χ3n) is 4.54. The number of likely N-dealkylation sites (tertiary alicyclic amines) is 1. The molecular formula is C18H19FN4O3. The Hall–Kier alpha value is -3.03. The molecule has 136 valence electrons. The lowest BCUT2D eigenvalue weighted by Crippen LogP contribution is -2.44. The summed E-state index contributed by atoms with van der Waals surface area (Å²) in [4.78, 5) is 37.3. The van der Waals surface area contributed by atoms with E-state index in [0.717, 1.165) is 4.68 Å². The molecule has 3 rings (SSSR count). The minimum Gasteiger partial charge on any atom is -0.369 e. The van der Waals surface area contributed by atoms with Crippen molar-refractivity contribution in [1.29, 1.82) is 0 Å². The predicted octanol–water partition coefficient (Wildman–Crippen LogP) is 0.773. The third kappa shape index (κ3) is 3.96. The predicted molar refractivity (Wildman–Crippen MR) is 92.4 cm³/mol. The maximum atomic E-state index is 13.0. The van der Waals surface area contributed by atoms with Gasteiger partial charge in [0.15, 0.2) is 0 Å². The molecule has 2 amide bonds. The number of amides is 2. The van der Waals surface area contributed by atoms with Crippen LogP contribution in [0.4, 0.5) is 4.39 Å². The first-order chi connectivity index (χ1) is 12.4. The molecule has 0 spiro atoms. The van der Waals surface area contributed by atoms with E-state index in [-0.39, 0.29) is 30.1 Å². The fourth-order valence-electron chi connectivity index (χ4n) is 2.98. The first-order valence-electron chi connectivity index (χ1n) is 8.35. The van der Waals surface area contributed by atoms with Crippen molar-refractivity contribution in [2.24, 2.45) is 11.7 Å². The molecule has 26 heavy (non-hydrogen) atoms. The summed E-state index contributed by atoms with van der Waals surface area (Å²) < 4.78 is 14.1. The van der Waals surface area contributed by atoms with Gasteiger partial charge >= 0.3 is 0 Å². The van der Waals surface area contributed by atoms with Crippen LogP contribution < -0.4 is 11.3 Å². The number of aromatic nitrogens is 2. The average molecular weight is 358 g/mol. The number of nitrogens with zero attached hydrogens (tertiary/aromatic N) is 3. The second-order valence-corrected chi connectivity index (χ2v) is 6.28. The Balaban J connectivity index is 1.72. The molecule has 1 aliphatic heterocycles. The van der Waals surface area contributed by atoms with Gasteiger partial charge in [-0.15, -0.1) is 0 Å². The first-order valence-corrected chi connectivity index (χ1v) is 8.35. The van der Waals surface area contributed by atoms with Crippen LogP contribution in [-0.4, -0.2) is 39.6 Å². The van der Waals surface area contributed by atoms with Crippen molar-refractivity contribution >= 4 is 11.8 Å². The van der Waals surface area contributed by atoms with E-state index >= 15 is 0 Å². The van der Waals surface area contributed by atoms with E-state index in [4.69, 9.17) is 5.73 Å². The number of carbonyl (C=O) groups is 2. The number of halogens is 1. The van der Waals surface area contributed by atoms with E-state index in [1.807, 2.05) is 0 Å². The molecule has 7 nitrogen and oxygen atoms in total. The standard InChI is InChI=1S/C18H19FN4O3/c19-14-3-1-12(2-4-14)15-5-6-16(24)23(21-15)11-17(25)22-9-7-13(8-10-22)18(20)26/h1-6,13H,7-11H2,(H2,20,26). The zero-order valence-electron chi connectivity index (χ0n) is 14.1. The molecule has 1 aliphatic rings. The van der Waals surface area contributed by atoms with Gasteiger partial charge in [-0.25, -0.2) is 9.07 Å². The molecule has 1 aromatic carbocycles. The van der Waals surface area contributed by atoms with Crippen LogP contribution >= 0.6 is 0 Å². The van der Waals surface area contributed by atoms with Crippen molar-refractivity contribution in [2.75, 3.05) is 13.1 Å². The van der Waals surface area contributed by atoms with Gasteiger partial charge in [-0.2, -0.15) is 5.10 Å². The molecular weight excluding hydrogens is 339 g/mol. The number of hydrogen-bond acceptors (Lipinski definition) is 4. The zero-order valence-corrected chi connectivity index (χ0v) is 14.1. The number of hydrogen-bond donors (Lipinski definition) is 1. The molecule has 1 fully saturated rings. The van der Waals surface area contributed by atoms with Crippen LogP contribution in [0.15, 0.2) is 41.2 Å². The van der Waals surface area contributed by atoms with Gasteiger partial charge in [0.25, 0.3) is 5.56 Å². The summed E-state index contributed by atoms with van der Waals surface area (Å²) in [6.45, 7) is 0.673. The van der Waals surface area contributed by atoms with Crippen LogP contribution in [0.1, 0.15) is 12.8 Å². The molecule has 0 radical (unpaired) electrons. The lowest BCUT2D eigenvalue weighted by atomic mass is 9.96. The zero-order chi connectivity index (χ0) is 18.7. The Kier molecular flexibility index (Phi) is 5.11. The van der Waals surface area contributed by atoms with Crippen LogP contribution in [0.3, 0.4) is 0 Å². The largest absolute Gasteiger partial charge is 0.369 e. The van der Waals surface area contributed by atoms with Crippen LogP contribution in [0.2, 0.25) is 0 Å². The van der Waals surface area contributed by atoms with Gasteiger partial charge in [0.2, 0.25) is 11.8 Å². The summed E-state index contributed by atoms with van der Waals surface area (Å²) in [5, 5.41) is 4.21. The maximum absolute atomic E-state index is 13.0.